The van der Waals surface area contributed by atoms with Gasteiger partial charge in [0.25, 0.3) is 5.91 Å². The average Bonchev–Trinajstić information content (AvgIpc) is 2.54. The second-order valence-electron chi connectivity index (χ2n) is 5.38. The zero-order valence-electron chi connectivity index (χ0n) is 13.2. The van der Waals surface area contributed by atoms with Crippen molar-refractivity contribution >= 4 is 11.6 Å². The normalized spacial score (nSPS) is 10.3. The summed E-state index contributed by atoms with van der Waals surface area (Å²) in [5.41, 5.74) is 3.66. The van der Waals surface area contributed by atoms with Gasteiger partial charge in [0.2, 0.25) is 0 Å². The zero-order chi connectivity index (χ0) is 15.8. The van der Waals surface area contributed by atoms with Crippen molar-refractivity contribution in [2.45, 2.75) is 33.2 Å². The maximum atomic E-state index is 12.2. The van der Waals surface area contributed by atoms with Gasteiger partial charge < -0.3 is 10.6 Å². The summed E-state index contributed by atoms with van der Waals surface area (Å²) >= 11 is 0. The van der Waals surface area contributed by atoms with Crippen molar-refractivity contribution in [1.82, 2.24) is 10.3 Å². The van der Waals surface area contributed by atoms with Crippen molar-refractivity contribution in [1.29, 1.82) is 0 Å². The molecule has 2 aromatic rings. The highest BCUT2D eigenvalue weighted by molar-refractivity contribution is 5.93. The first-order chi connectivity index (χ1) is 10.7. The van der Waals surface area contributed by atoms with Gasteiger partial charge in [-0.25, -0.2) is 0 Å². The number of rotatable bonds is 7. The number of anilines is 1. The van der Waals surface area contributed by atoms with Crippen LogP contribution in [-0.2, 0) is 6.54 Å². The largest absolute Gasteiger partial charge is 0.385 e. The summed E-state index contributed by atoms with van der Waals surface area (Å²) in [7, 11) is 0. The van der Waals surface area contributed by atoms with E-state index in [0.29, 0.717) is 12.2 Å². The lowest BCUT2D eigenvalue weighted by molar-refractivity contribution is 0.0946. The molecule has 22 heavy (non-hydrogen) atoms. The van der Waals surface area contributed by atoms with Crippen LogP contribution in [0.5, 0.6) is 0 Å². The fourth-order valence-corrected chi connectivity index (χ4v) is 2.05. The summed E-state index contributed by atoms with van der Waals surface area (Å²) in [5.74, 6) is -0.153. The lowest BCUT2D eigenvalue weighted by Crippen LogP contribution is -2.23. The van der Waals surface area contributed by atoms with Crippen molar-refractivity contribution in [3.63, 3.8) is 0 Å². The first kappa shape index (κ1) is 16.0. The number of benzene rings is 1. The number of unbranched alkanes of at least 4 members (excludes halogenated alkanes) is 1. The lowest BCUT2D eigenvalue weighted by Gasteiger charge is -2.08. The summed E-state index contributed by atoms with van der Waals surface area (Å²) in [6.45, 7) is 5.61. The predicted molar refractivity (Wildman–Crippen MR) is 90.0 cm³/mol. The van der Waals surface area contributed by atoms with E-state index in [1.165, 1.54) is 5.56 Å². The minimum absolute atomic E-state index is 0.153. The van der Waals surface area contributed by atoms with E-state index in [-0.39, 0.29) is 5.91 Å². The summed E-state index contributed by atoms with van der Waals surface area (Å²) < 4.78 is 0. The number of aromatic nitrogens is 1. The van der Waals surface area contributed by atoms with Crippen LogP contribution < -0.4 is 10.6 Å². The molecular weight excluding hydrogens is 274 g/mol. The van der Waals surface area contributed by atoms with Crippen LogP contribution in [-0.4, -0.2) is 17.4 Å². The number of amides is 1. The molecule has 0 saturated heterocycles. The number of carbonyl (C=O) groups excluding carboxylic acids is 1. The molecule has 4 heteroatoms. The number of aryl methyl sites for hydroxylation is 1. The topological polar surface area (TPSA) is 54.0 Å². The van der Waals surface area contributed by atoms with Crippen molar-refractivity contribution in [2.24, 2.45) is 0 Å². The lowest BCUT2D eigenvalue weighted by atomic mass is 10.1. The van der Waals surface area contributed by atoms with Crippen molar-refractivity contribution in [2.75, 3.05) is 11.9 Å². The molecule has 0 aliphatic heterocycles. The first-order valence-corrected chi connectivity index (χ1v) is 7.72. The van der Waals surface area contributed by atoms with E-state index in [9.17, 15) is 4.79 Å². The van der Waals surface area contributed by atoms with Crippen LogP contribution in [0, 0.1) is 6.92 Å². The Labute approximate surface area is 132 Å². The van der Waals surface area contributed by atoms with E-state index >= 15 is 0 Å². The summed E-state index contributed by atoms with van der Waals surface area (Å²) in [6.07, 6.45) is 3.91. The Balaban J connectivity index is 1.91. The standard InChI is InChI=1S/C18H23N3O/c1-3-4-10-19-16-9-11-20-17(12-16)18(22)21-13-15-7-5-14(2)6-8-15/h5-9,11-12H,3-4,10,13H2,1-2H3,(H,19,20)(H,21,22). The van der Waals surface area contributed by atoms with E-state index in [4.69, 9.17) is 0 Å². The van der Waals surface area contributed by atoms with Crippen molar-refractivity contribution < 1.29 is 4.79 Å². The molecule has 0 aliphatic rings. The Kier molecular flexibility index (Phi) is 5.95. The highest BCUT2D eigenvalue weighted by Gasteiger charge is 2.07. The van der Waals surface area contributed by atoms with E-state index in [1.54, 1.807) is 12.3 Å². The van der Waals surface area contributed by atoms with Gasteiger partial charge in [-0.1, -0.05) is 43.2 Å². The Hall–Kier alpha value is -2.36. The van der Waals surface area contributed by atoms with Gasteiger partial charge in [-0.2, -0.15) is 0 Å². The molecule has 0 bridgehead atoms. The Morgan fingerprint density at radius 1 is 1.18 bits per heavy atom. The molecule has 4 nitrogen and oxygen atoms in total. The molecule has 0 saturated carbocycles. The molecule has 1 aromatic heterocycles. The number of pyridine rings is 1. The maximum Gasteiger partial charge on any atom is 0.270 e. The number of nitrogens with one attached hydrogen (secondary N) is 2. The monoisotopic (exact) mass is 297 g/mol. The average molecular weight is 297 g/mol. The Morgan fingerprint density at radius 2 is 1.95 bits per heavy atom. The molecule has 0 radical (unpaired) electrons. The van der Waals surface area contributed by atoms with Crippen LogP contribution >= 0.6 is 0 Å². The highest BCUT2D eigenvalue weighted by Crippen LogP contribution is 2.09. The smallest absolute Gasteiger partial charge is 0.270 e. The van der Waals surface area contributed by atoms with E-state index in [2.05, 4.69) is 22.5 Å². The number of nitrogens with zero attached hydrogens (tertiary/aromatic N) is 1. The van der Waals surface area contributed by atoms with Crippen molar-refractivity contribution in [3.05, 3.63) is 59.4 Å². The summed E-state index contributed by atoms with van der Waals surface area (Å²) in [5, 5.41) is 6.20. The van der Waals surface area contributed by atoms with Crippen molar-refractivity contribution in [3.8, 4) is 0 Å². The molecule has 0 aliphatic carbocycles. The Bertz CT molecular complexity index is 608. The molecule has 2 rings (SSSR count). The van der Waals surface area contributed by atoms with Crippen LogP contribution in [0.2, 0.25) is 0 Å². The number of hydrogen-bond donors (Lipinski definition) is 2. The molecule has 1 heterocycles. The Morgan fingerprint density at radius 3 is 2.68 bits per heavy atom. The fraction of sp³-hybridized carbons (Fsp3) is 0.333. The first-order valence-electron chi connectivity index (χ1n) is 7.72. The number of hydrogen-bond acceptors (Lipinski definition) is 3. The molecule has 2 N–H and O–H groups in total. The highest BCUT2D eigenvalue weighted by atomic mass is 16.1. The van der Waals surface area contributed by atoms with E-state index < -0.39 is 0 Å². The van der Waals surface area contributed by atoms with Gasteiger partial charge in [0.1, 0.15) is 5.69 Å². The second kappa shape index (κ2) is 8.17. The second-order valence-corrected chi connectivity index (χ2v) is 5.38. The molecule has 1 amide bonds. The van der Waals surface area contributed by atoms with Gasteiger partial charge in [-0.3, -0.25) is 9.78 Å². The SMILES string of the molecule is CCCCNc1ccnc(C(=O)NCc2ccc(C)cc2)c1. The van der Waals surface area contributed by atoms with Crippen LogP contribution in [0.25, 0.3) is 0 Å². The van der Waals surface area contributed by atoms with Crippen LogP contribution in [0.4, 0.5) is 5.69 Å². The summed E-state index contributed by atoms with van der Waals surface area (Å²) in [4.78, 5) is 16.3. The molecule has 0 fully saturated rings. The van der Waals surface area contributed by atoms with E-state index in [0.717, 1.165) is 30.6 Å². The van der Waals surface area contributed by atoms with E-state index in [1.807, 2.05) is 37.3 Å². The van der Waals surface area contributed by atoms with Gasteiger partial charge in [-0.05, 0) is 31.0 Å². The molecule has 0 spiro atoms. The molecule has 116 valence electrons. The van der Waals surface area contributed by atoms with Gasteiger partial charge in [0, 0.05) is 25.0 Å². The molecular formula is C18H23N3O. The predicted octanol–water partition coefficient (Wildman–Crippen LogP) is 3.53. The molecule has 0 atom stereocenters. The van der Waals surface area contributed by atoms with Gasteiger partial charge in [0.15, 0.2) is 0 Å². The minimum atomic E-state index is -0.153. The fourth-order valence-electron chi connectivity index (χ4n) is 2.05. The molecule has 0 unspecified atom stereocenters. The van der Waals surface area contributed by atoms with Gasteiger partial charge in [-0.15, -0.1) is 0 Å². The van der Waals surface area contributed by atoms with Gasteiger partial charge >= 0.3 is 0 Å². The third-order valence-corrected chi connectivity index (χ3v) is 3.43. The number of carbonyl (C=O) groups is 1. The third kappa shape index (κ3) is 4.88. The summed E-state index contributed by atoms with van der Waals surface area (Å²) in [6, 6.07) is 11.8. The zero-order valence-corrected chi connectivity index (χ0v) is 13.2. The molecule has 1 aromatic carbocycles. The van der Waals surface area contributed by atoms with Gasteiger partial charge in [0.05, 0.1) is 0 Å². The third-order valence-electron chi connectivity index (χ3n) is 3.43. The minimum Gasteiger partial charge on any atom is -0.385 e. The quantitative estimate of drug-likeness (QED) is 0.769. The maximum absolute atomic E-state index is 12.2. The van der Waals surface area contributed by atoms with Crippen LogP contribution in [0.15, 0.2) is 42.6 Å². The van der Waals surface area contributed by atoms with Crippen LogP contribution in [0.3, 0.4) is 0 Å². The van der Waals surface area contributed by atoms with Crippen LogP contribution in [0.1, 0.15) is 41.4 Å².